The summed E-state index contributed by atoms with van der Waals surface area (Å²) in [6, 6.07) is 5.41. The van der Waals surface area contributed by atoms with Gasteiger partial charge in [0, 0.05) is 38.3 Å². The van der Waals surface area contributed by atoms with Gasteiger partial charge >= 0.3 is 0 Å². The maximum atomic E-state index is 11.1. The predicted octanol–water partition coefficient (Wildman–Crippen LogP) is 3.24. The van der Waals surface area contributed by atoms with E-state index in [9.17, 15) is 10.1 Å². The zero-order valence-electron chi connectivity index (χ0n) is 12.5. The molecule has 2 rings (SSSR count). The molecule has 1 N–H and O–H groups in total. The van der Waals surface area contributed by atoms with Crippen LogP contribution < -0.4 is 5.32 Å². The summed E-state index contributed by atoms with van der Waals surface area (Å²) in [5.41, 5.74) is 0.986. The van der Waals surface area contributed by atoms with Gasteiger partial charge in [0.25, 0.3) is 5.69 Å². The van der Waals surface area contributed by atoms with Crippen molar-refractivity contribution in [2.75, 3.05) is 26.2 Å². The van der Waals surface area contributed by atoms with Crippen LogP contribution in [0.15, 0.2) is 18.2 Å². The Morgan fingerprint density at radius 2 is 2.10 bits per heavy atom. The molecule has 21 heavy (non-hydrogen) atoms. The van der Waals surface area contributed by atoms with E-state index in [-0.39, 0.29) is 16.8 Å². The number of nitro benzene ring substituents is 1. The largest absolute Gasteiger partial charge is 0.314 e. The van der Waals surface area contributed by atoms with E-state index < -0.39 is 4.92 Å². The first-order chi connectivity index (χ1) is 10.0. The lowest BCUT2D eigenvalue weighted by molar-refractivity contribution is -0.384. The molecule has 0 saturated carbocycles. The van der Waals surface area contributed by atoms with Crippen LogP contribution in [0.3, 0.4) is 0 Å². The summed E-state index contributed by atoms with van der Waals surface area (Å²) in [5, 5.41) is 14.7. The maximum Gasteiger partial charge on any atom is 0.288 e. The van der Waals surface area contributed by atoms with Crippen LogP contribution in [-0.4, -0.2) is 36.0 Å². The van der Waals surface area contributed by atoms with Gasteiger partial charge in [0.2, 0.25) is 0 Å². The highest BCUT2D eigenvalue weighted by Gasteiger charge is 2.28. The Morgan fingerprint density at radius 1 is 1.43 bits per heavy atom. The lowest BCUT2D eigenvalue weighted by Gasteiger charge is -2.38. The van der Waals surface area contributed by atoms with E-state index in [0.717, 1.165) is 38.2 Å². The second-order valence-corrected chi connectivity index (χ2v) is 5.99. The van der Waals surface area contributed by atoms with Crippen molar-refractivity contribution in [3.05, 3.63) is 38.9 Å². The van der Waals surface area contributed by atoms with Gasteiger partial charge in [-0.15, -0.1) is 0 Å². The summed E-state index contributed by atoms with van der Waals surface area (Å²) in [4.78, 5) is 13.1. The standard InChI is InChI=1S/C15H22ClN3O2/c1-3-11(2)15(18-8-6-17-7-9-18)12-4-5-13(16)14(10-12)19(20)21/h4-5,10-11,15,17H,3,6-9H2,1-2H3/t11?,15-/m0/s1. The van der Waals surface area contributed by atoms with Crippen molar-refractivity contribution in [3.8, 4) is 0 Å². The zero-order valence-corrected chi connectivity index (χ0v) is 13.3. The fourth-order valence-electron chi connectivity index (χ4n) is 2.94. The average molecular weight is 312 g/mol. The molecule has 0 spiro atoms. The molecule has 2 atom stereocenters. The Bertz CT molecular complexity index is 504. The van der Waals surface area contributed by atoms with Crippen LogP contribution in [0.2, 0.25) is 5.02 Å². The Hall–Kier alpha value is -1.17. The number of nitrogens with zero attached hydrogens (tertiary/aromatic N) is 2. The SMILES string of the molecule is CCC(C)[C@@H](c1ccc(Cl)c([N+](=O)[O-])c1)N1CCNCC1. The minimum absolute atomic E-state index is 0.00222. The summed E-state index contributed by atoms with van der Waals surface area (Å²) >= 11 is 5.93. The highest BCUT2D eigenvalue weighted by Crippen LogP contribution is 2.35. The van der Waals surface area contributed by atoms with Gasteiger partial charge in [-0.2, -0.15) is 0 Å². The minimum Gasteiger partial charge on any atom is -0.314 e. The number of hydrogen-bond donors (Lipinski definition) is 1. The van der Waals surface area contributed by atoms with Crippen molar-refractivity contribution in [3.63, 3.8) is 0 Å². The summed E-state index contributed by atoms with van der Waals surface area (Å²) in [6.07, 6.45) is 1.03. The highest BCUT2D eigenvalue weighted by atomic mass is 35.5. The fourth-order valence-corrected chi connectivity index (χ4v) is 3.12. The van der Waals surface area contributed by atoms with Crippen molar-refractivity contribution in [1.82, 2.24) is 10.2 Å². The molecule has 1 aromatic rings. The molecule has 1 aliphatic heterocycles. The van der Waals surface area contributed by atoms with Crippen LogP contribution in [0.25, 0.3) is 0 Å². The molecular weight excluding hydrogens is 290 g/mol. The van der Waals surface area contributed by atoms with Gasteiger partial charge in [-0.1, -0.05) is 37.9 Å². The molecule has 1 aromatic carbocycles. The summed E-state index contributed by atoms with van der Waals surface area (Å²) in [6.45, 7) is 8.21. The Labute approximate surface area is 130 Å². The molecule has 1 unspecified atom stereocenters. The summed E-state index contributed by atoms with van der Waals surface area (Å²) < 4.78 is 0. The summed E-state index contributed by atoms with van der Waals surface area (Å²) in [5.74, 6) is 0.434. The Balaban J connectivity index is 2.36. The van der Waals surface area contributed by atoms with Gasteiger partial charge in [0.05, 0.1) is 4.92 Å². The van der Waals surface area contributed by atoms with E-state index in [4.69, 9.17) is 11.6 Å². The van der Waals surface area contributed by atoms with Gasteiger partial charge in [-0.25, -0.2) is 0 Å². The molecule has 1 heterocycles. The van der Waals surface area contributed by atoms with Gasteiger partial charge in [0.1, 0.15) is 5.02 Å². The third kappa shape index (κ3) is 3.73. The number of nitrogens with one attached hydrogen (secondary N) is 1. The number of piperazine rings is 1. The van der Waals surface area contributed by atoms with Crippen molar-refractivity contribution < 1.29 is 4.92 Å². The van der Waals surface area contributed by atoms with Crippen molar-refractivity contribution in [1.29, 1.82) is 0 Å². The van der Waals surface area contributed by atoms with E-state index >= 15 is 0 Å². The van der Waals surface area contributed by atoms with E-state index in [1.165, 1.54) is 0 Å². The Kier molecular flexibility index (Phi) is 5.56. The van der Waals surface area contributed by atoms with Gasteiger partial charge in [-0.3, -0.25) is 15.0 Å². The zero-order chi connectivity index (χ0) is 15.4. The van der Waals surface area contributed by atoms with Gasteiger partial charge in [0.15, 0.2) is 0 Å². The quantitative estimate of drug-likeness (QED) is 0.670. The normalized spacial score (nSPS) is 19.2. The molecule has 0 amide bonds. The first-order valence-corrected chi connectivity index (χ1v) is 7.81. The van der Waals surface area contributed by atoms with Crippen LogP contribution in [0, 0.1) is 16.0 Å². The molecule has 0 radical (unpaired) electrons. The smallest absolute Gasteiger partial charge is 0.288 e. The fraction of sp³-hybridized carbons (Fsp3) is 0.600. The van der Waals surface area contributed by atoms with Crippen LogP contribution in [-0.2, 0) is 0 Å². The molecule has 0 aromatic heterocycles. The number of rotatable bonds is 5. The van der Waals surface area contributed by atoms with Gasteiger partial charge < -0.3 is 5.32 Å². The lowest BCUT2D eigenvalue weighted by atomic mass is 9.90. The van der Waals surface area contributed by atoms with Gasteiger partial charge in [-0.05, 0) is 17.5 Å². The molecule has 5 nitrogen and oxygen atoms in total. The molecule has 116 valence electrons. The molecule has 6 heteroatoms. The number of halogens is 1. The highest BCUT2D eigenvalue weighted by molar-refractivity contribution is 6.32. The van der Waals surface area contributed by atoms with Crippen LogP contribution >= 0.6 is 11.6 Å². The minimum atomic E-state index is -0.405. The maximum absolute atomic E-state index is 11.1. The van der Waals surface area contributed by atoms with Crippen LogP contribution in [0.1, 0.15) is 31.9 Å². The predicted molar refractivity (Wildman–Crippen MR) is 84.7 cm³/mol. The van der Waals surface area contributed by atoms with E-state index in [1.54, 1.807) is 12.1 Å². The monoisotopic (exact) mass is 311 g/mol. The van der Waals surface area contributed by atoms with E-state index in [0.29, 0.717) is 5.92 Å². The molecule has 0 bridgehead atoms. The van der Waals surface area contributed by atoms with Crippen molar-refractivity contribution in [2.24, 2.45) is 5.92 Å². The molecule has 0 aliphatic carbocycles. The molecule has 1 saturated heterocycles. The molecular formula is C15H22ClN3O2. The second kappa shape index (κ2) is 7.20. The topological polar surface area (TPSA) is 58.4 Å². The molecule has 1 fully saturated rings. The lowest BCUT2D eigenvalue weighted by Crippen LogP contribution is -2.46. The van der Waals surface area contributed by atoms with E-state index in [2.05, 4.69) is 24.1 Å². The van der Waals surface area contributed by atoms with Crippen LogP contribution in [0.4, 0.5) is 5.69 Å². The average Bonchev–Trinajstić information content (AvgIpc) is 2.49. The van der Waals surface area contributed by atoms with E-state index in [1.807, 2.05) is 6.07 Å². The number of nitro groups is 1. The molecule has 1 aliphatic rings. The van der Waals surface area contributed by atoms with Crippen molar-refractivity contribution >= 4 is 17.3 Å². The first-order valence-electron chi connectivity index (χ1n) is 7.43. The van der Waals surface area contributed by atoms with Crippen molar-refractivity contribution in [2.45, 2.75) is 26.3 Å². The Morgan fingerprint density at radius 3 is 2.67 bits per heavy atom. The third-order valence-electron chi connectivity index (χ3n) is 4.24. The third-order valence-corrected chi connectivity index (χ3v) is 4.56. The second-order valence-electron chi connectivity index (χ2n) is 5.58. The number of hydrogen-bond acceptors (Lipinski definition) is 4. The first kappa shape index (κ1) is 16.2. The van der Waals surface area contributed by atoms with Crippen LogP contribution in [0.5, 0.6) is 0 Å². The number of benzene rings is 1. The summed E-state index contributed by atoms with van der Waals surface area (Å²) in [7, 11) is 0.